The standard InChI is InChI=1S/C9H18N2O2/c1-2-7(5-10)9(13)11-4-3-8(12)6-11/h7-8,12H,2-6,10H2,1H3/t7?,8-/m0/s1. The van der Waals surface area contributed by atoms with Crippen molar-refractivity contribution in [3.8, 4) is 0 Å². The van der Waals surface area contributed by atoms with E-state index < -0.39 is 0 Å². The third-order valence-electron chi connectivity index (χ3n) is 2.60. The fourth-order valence-electron chi connectivity index (χ4n) is 1.64. The van der Waals surface area contributed by atoms with Gasteiger partial charge in [0.05, 0.1) is 12.0 Å². The number of nitrogens with two attached hydrogens (primary N) is 1. The molecule has 1 fully saturated rings. The average Bonchev–Trinajstić information content (AvgIpc) is 2.54. The van der Waals surface area contributed by atoms with E-state index in [1.165, 1.54) is 0 Å². The highest BCUT2D eigenvalue weighted by Crippen LogP contribution is 2.13. The van der Waals surface area contributed by atoms with E-state index in [9.17, 15) is 9.90 Å². The minimum atomic E-state index is -0.334. The molecule has 1 heterocycles. The minimum absolute atomic E-state index is 0.0645. The summed E-state index contributed by atoms with van der Waals surface area (Å²) in [6, 6.07) is 0. The number of amides is 1. The number of carbonyl (C=O) groups is 1. The van der Waals surface area contributed by atoms with E-state index in [2.05, 4.69) is 0 Å². The fraction of sp³-hybridized carbons (Fsp3) is 0.889. The number of aliphatic hydroxyl groups is 1. The summed E-state index contributed by atoms with van der Waals surface area (Å²) in [6.07, 6.45) is 1.15. The maximum absolute atomic E-state index is 11.7. The van der Waals surface area contributed by atoms with Crippen LogP contribution < -0.4 is 5.73 Å². The smallest absolute Gasteiger partial charge is 0.227 e. The van der Waals surface area contributed by atoms with E-state index in [1.807, 2.05) is 6.92 Å². The molecular formula is C9H18N2O2. The summed E-state index contributed by atoms with van der Waals surface area (Å²) in [5.74, 6) is 0.0341. The molecule has 1 aliphatic rings. The predicted molar refractivity (Wildman–Crippen MR) is 50.0 cm³/mol. The number of aliphatic hydroxyl groups excluding tert-OH is 1. The first-order chi connectivity index (χ1) is 6.19. The lowest BCUT2D eigenvalue weighted by molar-refractivity contribution is -0.134. The highest BCUT2D eigenvalue weighted by Gasteiger charge is 2.28. The Kier molecular flexibility index (Phi) is 3.69. The lowest BCUT2D eigenvalue weighted by atomic mass is 10.1. The van der Waals surface area contributed by atoms with Gasteiger partial charge in [-0.1, -0.05) is 6.92 Å². The van der Waals surface area contributed by atoms with Crippen molar-refractivity contribution in [2.24, 2.45) is 11.7 Å². The Balaban J connectivity index is 2.47. The molecule has 1 rings (SSSR count). The zero-order valence-corrected chi connectivity index (χ0v) is 8.07. The third kappa shape index (κ3) is 2.42. The molecule has 1 amide bonds. The zero-order chi connectivity index (χ0) is 9.84. The number of hydrogen-bond acceptors (Lipinski definition) is 3. The SMILES string of the molecule is CCC(CN)C(=O)N1CC[C@H](O)C1. The Morgan fingerprint density at radius 1 is 1.77 bits per heavy atom. The van der Waals surface area contributed by atoms with Crippen molar-refractivity contribution in [1.82, 2.24) is 4.90 Å². The van der Waals surface area contributed by atoms with Crippen molar-refractivity contribution < 1.29 is 9.90 Å². The van der Waals surface area contributed by atoms with Gasteiger partial charge in [-0.2, -0.15) is 0 Å². The van der Waals surface area contributed by atoms with Gasteiger partial charge in [-0.3, -0.25) is 4.79 Å². The first kappa shape index (κ1) is 10.5. The molecule has 1 aliphatic heterocycles. The van der Waals surface area contributed by atoms with Crippen LogP contribution in [0.25, 0.3) is 0 Å². The molecule has 0 aromatic rings. The number of nitrogens with zero attached hydrogens (tertiary/aromatic N) is 1. The van der Waals surface area contributed by atoms with Crippen molar-refractivity contribution in [3.63, 3.8) is 0 Å². The minimum Gasteiger partial charge on any atom is -0.391 e. The molecule has 0 spiro atoms. The largest absolute Gasteiger partial charge is 0.391 e. The highest BCUT2D eigenvalue weighted by molar-refractivity contribution is 5.79. The number of rotatable bonds is 3. The number of carbonyl (C=O) groups excluding carboxylic acids is 1. The summed E-state index contributed by atoms with van der Waals surface area (Å²) in [7, 11) is 0. The molecule has 0 aromatic heterocycles. The van der Waals surface area contributed by atoms with E-state index in [4.69, 9.17) is 5.73 Å². The lowest BCUT2D eigenvalue weighted by Gasteiger charge is -2.20. The van der Waals surface area contributed by atoms with Crippen molar-refractivity contribution in [2.75, 3.05) is 19.6 Å². The molecule has 4 nitrogen and oxygen atoms in total. The zero-order valence-electron chi connectivity index (χ0n) is 8.07. The summed E-state index contributed by atoms with van der Waals surface area (Å²) in [5, 5.41) is 9.25. The maximum atomic E-state index is 11.7. The van der Waals surface area contributed by atoms with Gasteiger partial charge in [0.15, 0.2) is 0 Å². The second kappa shape index (κ2) is 4.58. The van der Waals surface area contributed by atoms with Crippen LogP contribution in [0.4, 0.5) is 0 Å². The molecule has 0 radical (unpaired) electrons. The van der Waals surface area contributed by atoms with Crippen LogP contribution >= 0.6 is 0 Å². The van der Waals surface area contributed by atoms with Gasteiger partial charge in [-0.15, -0.1) is 0 Å². The van der Waals surface area contributed by atoms with Crippen LogP contribution in [0.3, 0.4) is 0 Å². The average molecular weight is 186 g/mol. The lowest BCUT2D eigenvalue weighted by Crippen LogP contribution is -2.37. The van der Waals surface area contributed by atoms with Crippen LogP contribution in [-0.2, 0) is 4.79 Å². The molecule has 3 N–H and O–H groups in total. The first-order valence-electron chi connectivity index (χ1n) is 4.86. The van der Waals surface area contributed by atoms with E-state index >= 15 is 0 Å². The van der Waals surface area contributed by atoms with E-state index in [1.54, 1.807) is 4.90 Å². The quantitative estimate of drug-likeness (QED) is 0.628. The second-order valence-corrected chi connectivity index (χ2v) is 3.57. The number of likely N-dealkylation sites (tertiary alicyclic amines) is 1. The van der Waals surface area contributed by atoms with Crippen LogP contribution in [0, 0.1) is 5.92 Å². The Hall–Kier alpha value is -0.610. The van der Waals surface area contributed by atoms with Gasteiger partial charge in [0.25, 0.3) is 0 Å². The molecule has 4 heteroatoms. The van der Waals surface area contributed by atoms with Crippen LogP contribution in [0.1, 0.15) is 19.8 Å². The molecule has 0 aromatic carbocycles. The second-order valence-electron chi connectivity index (χ2n) is 3.57. The topological polar surface area (TPSA) is 66.6 Å². The van der Waals surface area contributed by atoms with Gasteiger partial charge < -0.3 is 15.7 Å². The number of hydrogen-bond donors (Lipinski definition) is 2. The summed E-state index contributed by atoms with van der Waals surface area (Å²) < 4.78 is 0. The highest BCUT2D eigenvalue weighted by atomic mass is 16.3. The maximum Gasteiger partial charge on any atom is 0.227 e. The van der Waals surface area contributed by atoms with Crippen molar-refractivity contribution in [3.05, 3.63) is 0 Å². The van der Waals surface area contributed by atoms with Gasteiger partial charge in [0.1, 0.15) is 0 Å². The van der Waals surface area contributed by atoms with Gasteiger partial charge >= 0.3 is 0 Å². The molecule has 76 valence electrons. The van der Waals surface area contributed by atoms with Crippen LogP contribution in [0.15, 0.2) is 0 Å². The molecule has 1 unspecified atom stereocenters. The molecule has 0 saturated carbocycles. The van der Waals surface area contributed by atoms with Crippen molar-refractivity contribution in [1.29, 1.82) is 0 Å². The van der Waals surface area contributed by atoms with Gasteiger partial charge in [0, 0.05) is 19.6 Å². The monoisotopic (exact) mass is 186 g/mol. The normalized spacial score (nSPS) is 24.8. The Morgan fingerprint density at radius 3 is 2.85 bits per heavy atom. The Labute approximate surface area is 78.7 Å². The van der Waals surface area contributed by atoms with Crippen LogP contribution in [0.5, 0.6) is 0 Å². The van der Waals surface area contributed by atoms with Crippen molar-refractivity contribution >= 4 is 5.91 Å². The van der Waals surface area contributed by atoms with E-state index in [0.717, 1.165) is 6.42 Å². The molecule has 1 saturated heterocycles. The first-order valence-corrected chi connectivity index (χ1v) is 4.86. The molecule has 2 atom stereocenters. The van der Waals surface area contributed by atoms with E-state index in [-0.39, 0.29) is 17.9 Å². The molecule has 0 aliphatic carbocycles. The summed E-state index contributed by atoms with van der Waals surface area (Å²) in [6.45, 7) is 3.52. The predicted octanol–water partition coefficient (Wildman–Crippen LogP) is -0.435. The van der Waals surface area contributed by atoms with Crippen LogP contribution in [-0.4, -0.2) is 41.7 Å². The molecular weight excluding hydrogens is 168 g/mol. The fourth-order valence-corrected chi connectivity index (χ4v) is 1.64. The van der Waals surface area contributed by atoms with Crippen LogP contribution in [0.2, 0.25) is 0 Å². The summed E-state index contributed by atoms with van der Waals surface area (Å²) in [4.78, 5) is 13.4. The Bertz CT molecular complexity index is 180. The number of β-amino-alcohol motifs (C(OH)–C–C–N with tert-alkyl or cyclic N) is 1. The summed E-state index contributed by atoms with van der Waals surface area (Å²) >= 11 is 0. The van der Waals surface area contributed by atoms with Crippen molar-refractivity contribution in [2.45, 2.75) is 25.9 Å². The van der Waals surface area contributed by atoms with Gasteiger partial charge in [0.2, 0.25) is 5.91 Å². The summed E-state index contributed by atoms with van der Waals surface area (Å²) in [5.41, 5.74) is 5.48. The molecule has 0 bridgehead atoms. The Morgan fingerprint density at radius 2 is 2.46 bits per heavy atom. The third-order valence-corrected chi connectivity index (χ3v) is 2.60. The van der Waals surface area contributed by atoms with E-state index in [0.29, 0.717) is 26.1 Å². The molecule has 13 heavy (non-hydrogen) atoms. The van der Waals surface area contributed by atoms with Gasteiger partial charge in [-0.25, -0.2) is 0 Å². The van der Waals surface area contributed by atoms with Gasteiger partial charge in [-0.05, 0) is 12.8 Å².